The number of hydrogen-bond acceptors (Lipinski definition) is 2. The van der Waals surface area contributed by atoms with Gasteiger partial charge in [0.1, 0.15) is 5.78 Å². The Morgan fingerprint density at radius 3 is 2.56 bits per heavy atom. The Morgan fingerprint density at radius 2 is 2.00 bits per heavy atom. The van der Waals surface area contributed by atoms with E-state index in [-0.39, 0.29) is 0 Å². The van der Waals surface area contributed by atoms with Gasteiger partial charge in [-0.25, -0.2) is 0 Å². The predicted molar refractivity (Wildman–Crippen MR) is 64.2 cm³/mol. The molecule has 3 aliphatic rings. The number of likely N-dealkylation sites (N-methyl/N-ethyl adjacent to an activating group) is 1. The number of fused-ring (bicyclic) bond motifs is 2. The Hall–Kier alpha value is -0.370. The zero-order chi connectivity index (χ0) is 11.1. The van der Waals surface area contributed by atoms with Crippen LogP contribution in [0.1, 0.15) is 38.5 Å². The Morgan fingerprint density at radius 1 is 1.19 bits per heavy atom. The van der Waals surface area contributed by atoms with Crippen molar-refractivity contribution in [1.82, 2.24) is 4.90 Å². The highest BCUT2D eigenvalue weighted by atomic mass is 16.1. The molecule has 3 atom stereocenters. The van der Waals surface area contributed by atoms with E-state index in [0.717, 1.165) is 30.6 Å². The minimum Gasteiger partial charge on any atom is -0.299 e. The van der Waals surface area contributed by atoms with Crippen LogP contribution in [-0.4, -0.2) is 30.8 Å². The molecular weight excluding hydrogens is 198 g/mol. The van der Waals surface area contributed by atoms with E-state index in [0.29, 0.717) is 18.2 Å². The highest BCUT2D eigenvalue weighted by Gasteiger charge is 2.40. The van der Waals surface area contributed by atoms with Gasteiger partial charge in [-0.15, -0.1) is 0 Å². The largest absolute Gasteiger partial charge is 0.299 e. The van der Waals surface area contributed by atoms with Crippen LogP contribution in [0, 0.1) is 23.7 Å². The van der Waals surface area contributed by atoms with E-state index >= 15 is 0 Å². The van der Waals surface area contributed by atoms with Crippen LogP contribution >= 0.6 is 0 Å². The van der Waals surface area contributed by atoms with Crippen LogP contribution in [0.15, 0.2) is 0 Å². The van der Waals surface area contributed by atoms with Crippen LogP contribution in [0.3, 0.4) is 0 Å². The lowest BCUT2D eigenvalue weighted by Crippen LogP contribution is -2.33. The quantitative estimate of drug-likeness (QED) is 0.710. The molecule has 0 heterocycles. The molecule has 3 rings (SSSR count). The molecular formula is C14H23NO. The summed E-state index contributed by atoms with van der Waals surface area (Å²) in [6.45, 7) is 1.87. The van der Waals surface area contributed by atoms with Crippen molar-refractivity contribution in [3.05, 3.63) is 0 Å². The molecule has 3 fully saturated rings. The van der Waals surface area contributed by atoms with E-state index in [4.69, 9.17) is 0 Å². The third-order valence-corrected chi connectivity index (χ3v) is 4.89. The standard InChI is InChI=1S/C14H23NO/c1-15(9-14(16)11-4-5-11)8-13-7-10-2-3-12(13)6-10/h10-13H,2-9H2,1H3. The summed E-state index contributed by atoms with van der Waals surface area (Å²) < 4.78 is 0. The molecule has 0 aromatic rings. The molecule has 90 valence electrons. The summed E-state index contributed by atoms with van der Waals surface area (Å²) in [5.41, 5.74) is 0. The topological polar surface area (TPSA) is 20.3 Å². The molecule has 3 unspecified atom stereocenters. The fraction of sp³-hybridized carbons (Fsp3) is 0.929. The van der Waals surface area contributed by atoms with Gasteiger partial charge >= 0.3 is 0 Å². The van der Waals surface area contributed by atoms with Crippen LogP contribution < -0.4 is 0 Å². The third-order valence-electron chi connectivity index (χ3n) is 4.89. The van der Waals surface area contributed by atoms with Crippen molar-refractivity contribution < 1.29 is 4.79 Å². The zero-order valence-electron chi connectivity index (χ0n) is 10.3. The van der Waals surface area contributed by atoms with Gasteiger partial charge in [0.25, 0.3) is 0 Å². The molecule has 0 spiro atoms. The van der Waals surface area contributed by atoms with Crippen LogP contribution in [0.2, 0.25) is 0 Å². The van der Waals surface area contributed by atoms with Gasteiger partial charge in [-0.05, 0) is 56.9 Å². The molecule has 0 aliphatic heterocycles. The summed E-state index contributed by atoms with van der Waals surface area (Å²) in [5.74, 6) is 3.84. The van der Waals surface area contributed by atoms with Crippen molar-refractivity contribution in [3.8, 4) is 0 Å². The van der Waals surface area contributed by atoms with Crippen molar-refractivity contribution in [2.45, 2.75) is 38.5 Å². The van der Waals surface area contributed by atoms with Gasteiger partial charge in [0.15, 0.2) is 0 Å². The summed E-state index contributed by atoms with van der Waals surface area (Å²) in [5, 5.41) is 0. The summed E-state index contributed by atoms with van der Waals surface area (Å²) in [4.78, 5) is 14.0. The lowest BCUT2D eigenvalue weighted by molar-refractivity contribution is -0.121. The first-order chi connectivity index (χ1) is 7.72. The van der Waals surface area contributed by atoms with Gasteiger partial charge in [0.2, 0.25) is 0 Å². The molecule has 3 saturated carbocycles. The minimum atomic E-state index is 0.433. The number of nitrogens with zero attached hydrogens (tertiary/aromatic N) is 1. The molecule has 0 amide bonds. The molecule has 0 N–H and O–H groups in total. The number of ketones is 1. The normalized spacial score (nSPS) is 37.2. The lowest BCUT2D eigenvalue weighted by Gasteiger charge is -2.26. The van der Waals surface area contributed by atoms with Gasteiger partial charge in [-0.3, -0.25) is 9.69 Å². The Labute approximate surface area is 98.4 Å². The number of hydrogen-bond donors (Lipinski definition) is 0. The highest BCUT2D eigenvalue weighted by molar-refractivity contribution is 5.84. The van der Waals surface area contributed by atoms with Crippen molar-refractivity contribution >= 4 is 5.78 Å². The minimum absolute atomic E-state index is 0.433. The molecule has 0 aromatic carbocycles. The second kappa shape index (κ2) is 4.14. The Balaban J connectivity index is 1.45. The van der Waals surface area contributed by atoms with Crippen LogP contribution in [0.4, 0.5) is 0 Å². The van der Waals surface area contributed by atoms with Crippen LogP contribution in [-0.2, 0) is 4.79 Å². The van der Waals surface area contributed by atoms with Crippen molar-refractivity contribution in [2.24, 2.45) is 23.7 Å². The van der Waals surface area contributed by atoms with Crippen LogP contribution in [0.25, 0.3) is 0 Å². The van der Waals surface area contributed by atoms with Gasteiger partial charge in [0, 0.05) is 12.5 Å². The molecule has 0 aromatic heterocycles. The number of carbonyl (C=O) groups is 1. The summed E-state index contributed by atoms with van der Waals surface area (Å²) in [6.07, 6.45) is 8.16. The maximum atomic E-state index is 11.7. The first-order valence-electron chi connectivity index (χ1n) is 6.93. The number of carbonyl (C=O) groups excluding carboxylic acids is 1. The first-order valence-corrected chi connectivity index (χ1v) is 6.93. The smallest absolute Gasteiger partial charge is 0.149 e. The molecule has 16 heavy (non-hydrogen) atoms. The average molecular weight is 221 g/mol. The molecule has 2 heteroatoms. The summed E-state index contributed by atoms with van der Waals surface area (Å²) in [7, 11) is 2.13. The van der Waals surface area contributed by atoms with E-state index in [1.165, 1.54) is 32.2 Å². The van der Waals surface area contributed by atoms with E-state index < -0.39 is 0 Å². The Bertz CT molecular complexity index is 284. The van der Waals surface area contributed by atoms with Gasteiger partial charge < -0.3 is 0 Å². The van der Waals surface area contributed by atoms with Crippen molar-refractivity contribution in [3.63, 3.8) is 0 Å². The van der Waals surface area contributed by atoms with Gasteiger partial charge in [-0.2, -0.15) is 0 Å². The highest BCUT2D eigenvalue weighted by Crippen LogP contribution is 2.48. The maximum Gasteiger partial charge on any atom is 0.149 e. The fourth-order valence-electron chi connectivity index (χ4n) is 3.87. The average Bonchev–Trinajstić information content (AvgIpc) is 2.91. The molecule has 3 aliphatic carbocycles. The van der Waals surface area contributed by atoms with Gasteiger partial charge in [0.05, 0.1) is 6.54 Å². The second-order valence-electron chi connectivity index (χ2n) is 6.37. The lowest BCUT2D eigenvalue weighted by atomic mass is 9.88. The molecule has 0 saturated heterocycles. The second-order valence-corrected chi connectivity index (χ2v) is 6.37. The molecule has 0 radical (unpaired) electrons. The van der Waals surface area contributed by atoms with Crippen molar-refractivity contribution in [1.29, 1.82) is 0 Å². The zero-order valence-corrected chi connectivity index (χ0v) is 10.3. The van der Waals surface area contributed by atoms with Crippen molar-refractivity contribution in [2.75, 3.05) is 20.1 Å². The monoisotopic (exact) mass is 221 g/mol. The summed E-state index contributed by atoms with van der Waals surface area (Å²) in [6, 6.07) is 0. The number of rotatable bonds is 5. The van der Waals surface area contributed by atoms with E-state index in [9.17, 15) is 4.79 Å². The number of Topliss-reactive ketones (excluding diaryl/α,β-unsaturated/α-hetero) is 1. The van der Waals surface area contributed by atoms with E-state index in [1.807, 2.05) is 0 Å². The fourth-order valence-corrected chi connectivity index (χ4v) is 3.87. The van der Waals surface area contributed by atoms with Crippen LogP contribution in [0.5, 0.6) is 0 Å². The molecule has 2 nitrogen and oxygen atoms in total. The Kier molecular flexibility index (Phi) is 2.78. The SMILES string of the molecule is CN(CC(=O)C1CC1)CC1CC2CCC1C2. The van der Waals surface area contributed by atoms with Gasteiger partial charge in [-0.1, -0.05) is 6.42 Å². The maximum absolute atomic E-state index is 11.7. The molecule has 2 bridgehead atoms. The van der Waals surface area contributed by atoms with E-state index in [2.05, 4.69) is 11.9 Å². The van der Waals surface area contributed by atoms with E-state index in [1.54, 1.807) is 0 Å². The first kappa shape index (κ1) is 10.8. The summed E-state index contributed by atoms with van der Waals surface area (Å²) >= 11 is 0. The predicted octanol–water partition coefficient (Wildman–Crippen LogP) is 2.33. The third kappa shape index (κ3) is 2.17.